The van der Waals surface area contributed by atoms with Crippen molar-refractivity contribution in [2.75, 3.05) is 18.1 Å². The normalized spacial score (nSPS) is 10.4. The molecule has 116 valence electrons. The second-order valence-corrected chi connectivity index (χ2v) is 5.51. The standard InChI is InChI=1S/C14H15N3O4S/c1-9-16-17-14(21-9)11-4-2-10(3-5-11)13(20)15-6-7-22-8-12(18)19/h2-5H,6-8H2,1H3,(H,15,20)(H,18,19). The number of amides is 1. The Bertz CT molecular complexity index is 654. The van der Waals surface area contributed by atoms with Crippen LogP contribution in [0.4, 0.5) is 0 Å². The van der Waals surface area contributed by atoms with Crippen LogP contribution in [0.1, 0.15) is 16.2 Å². The topological polar surface area (TPSA) is 105 Å². The molecule has 0 saturated heterocycles. The van der Waals surface area contributed by atoms with Crippen LogP contribution < -0.4 is 5.32 Å². The third-order valence-electron chi connectivity index (χ3n) is 2.68. The molecule has 22 heavy (non-hydrogen) atoms. The number of aromatic nitrogens is 2. The highest BCUT2D eigenvalue weighted by Gasteiger charge is 2.09. The number of carboxylic acids is 1. The molecule has 1 heterocycles. The fourth-order valence-electron chi connectivity index (χ4n) is 1.68. The fourth-order valence-corrected chi connectivity index (χ4v) is 2.24. The molecule has 0 radical (unpaired) electrons. The summed E-state index contributed by atoms with van der Waals surface area (Å²) in [7, 11) is 0. The quantitative estimate of drug-likeness (QED) is 0.746. The van der Waals surface area contributed by atoms with Gasteiger partial charge in [-0.3, -0.25) is 9.59 Å². The number of thioether (sulfide) groups is 1. The number of nitrogens with one attached hydrogen (secondary N) is 1. The van der Waals surface area contributed by atoms with E-state index in [2.05, 4.69) is 15.5 Å². The van der Waals surface area contributed by atoms with Crippen LogP contribution in [0.2, 0.25) is 0 Å². The van der Waals surface area contributed by atoms with E-state index in [-0.39, 0.29) is 11.7 Å². The molecule has 7 nitrogen and oxygen atoms in total. The molecule has 0 unspecified atom stereocenters. The molecule has 0 bridgehead atoms. The molecule has 0 atom stereocenters. The summed E-state index contributed by atoms with van der Waals surface area (Å²) in [6.45, 7) is 2.13. The molecule has 0 aliphatic rings. The van der Waals surface area contributed by atoms with Crippen LogP contribution >= 0.6 is 11.8 Å². The number of carboxylic acid groups (broad SMARTS) is 1. The average molecular weight is 321 g/mol. The number of carbonyl (C=O) groups excluding carboxylic acids is 1. The van der Waals surface area contributed by atoms with Gasteiger partial charge in [-0.2, -0.15) is 0 Å². The zero-order chi connectivity index (χ0) is 15.9. The van der Waals surface area contributed by atoms with Crippen molar-refractivity contribution in [3.05, 3.63) is 35.7 Å². The molecule has 2 aromatic rings. The van der Waals surface area contributed by atoms with Crippen LogP contribution in [0.5, 0.6) is 0 Å². The molecule has 8 heteroatoms. The second-order valence-electron chi connectivity index (χ2n) is 4.41. The Morgan fingerprint density at radius 1 is 1.27 bits per heavy atom. The summed E-state index contributed by atoms with van der Waals surface area (Å²) in [5.74, 6) is 0.420. The minimum atomic E-state index is -0.858. The van der Waals surface area contributed by atoms with Crippen molar-refractivity contribution in [3.8, 4) is 11.5 Å². The van der Waals surface area contributed by atoms with Crippen LogP contribution in [0.25, 0.3) is 11.5 Å². The van der Waals surface area contributed by atoms with Gasteiger partial charge in [0.1, 0.15) is 0 Å². The van der Waals surface area contributed by atoms with Crippen molar-refractivity contribution in [1.29, 1.82) is 0 Å². The van der Waals surface area contributed by atoms with E-state index < -0.39 is 5.97 Å². The Morgan fingerprint density at radius 2 is 2.00 bits per heavy atom. The van der Waals surface area contributed by atoms with E-state index in [1.807, 2.05) is 0 Å². The molecule has 1 aromatic heterocycles. The molecule has 2 rings (SSSR count). The molecule has 0 aliphatic heterocycles. The molecule has 1 aromatic carbocycles. The number of benzene rings is 1. The number of nitrogens with zero attached hydrogens (tertiary/aromatic N) is 2. The fraction of sp³-hybridized carbons (Fsp3) is 0.286. The Morgan fingerprint density at radius 3 is 2.59 bits per heavy atom. The lowest BCUT2D eigenvalue weighted by molar-refractivity contribution is -0.133. The van der Waals surface area contributed by atoms with Crippen LogP contribution in [0.15, 0.2) is 28.7 Å². The van der Waals surface area contributed by atoms with E-state index >= 15 is 0 Å². The number of hydrogen-bond donors (Lipinski definition) is 2. The highest BCUT2D eigenvalue weighted by molar-refractivity contribution is 7.99. The second kappa shape index (κ2) is 7.60. The lowest BCUT2D eigenvalue weighted by Crippen LogP contribution is -2.25. The van der Waals surface area contributed by atoms with Crippen molar-refractivity contribution < 1.29 is 19.1 Å². The number of aryl methyl sites for hydroxylation is 1. The predicted octanol–water partition coefficient (Wildman–Crippen LogP) is 1.59. The SMILES string of the molecule is Cc1nnc(-c2ccc(C(=O)NCCSCC(=O)O)cc2)o1. The highest BCUT2D eigenvalue weighted by Crippen LogP contribution is 2.18. The summed E-state index contributed by atoms with van der Waals surface area (Å²) < 4.78 is 5.31. The maximum absolute atomic E-state index is 11.9. The minimum Gasteiger partial charge on any atom is -0.481 e. The minimum absolute atomic E-state index is 0.0359. The van der Waals surface area contributed by atoms with Gasteiger partial charge >= 0.3 is 5.97 Å². The monoisotopic (exact) mass is 321 g/mol. The van der Waals surface area contributed by atoms with Gasteiger partial charge in [0.05, 0.1) is 5.75 Å². The number of carbonyl (C=O) groups is 2. The summed E-state index contributed by atoms with van der Waals surface area (Å²) in [4.78, 5) is 22.2. The smallest absolute Gasteiger partial charge is 0.313 e. The predicted molar refractivity (Wildman–Crippen MR) is 81.8 cm³/mol. The largest absolute Gasteiger partial charge is 0.481 e. The molecule has 0 fully saturated rings. The zero-order valence-corrected chi connectivity index (χ0v) is 12.7. The molecular weight excluding hydrogens is 306 g/mol. The zero-order valence-electron chi connectivity index (χ0n) is 11.9. The van der Waals surface area contributed by atoms with Crippen LogP contribution in [-0.4, -0.2) is 45.2 Å². The van der Waals surface area contributed by atoms with Gasteiger partial charge in [0, 0.05) is 30.3 Å². The van der Waals surface area contributed by atoms with Gasteiger partial charge in [0.2, 0.25) is 11.8 Å². The molecule has 0 spiro atoms. The number of rotatable bonds is 7. The van der Waals surface area contributed by atoms with Crippen molar-refractivity contribution in [3.63, 3.8) is 0 Å². The molecule has 2 N–H and O–H groups in total. The third-order valence-corrected chi connectivity index (χ3v) is 3.62. The van der Waals surface area contributed by atoms with E-state index in [9.17, 15) is 9.59 Å². The first-order chi connectivity index (χ1) is 10.6. The Kier molecular flexibility index (Phi) is 5.54. The summed E-state index contributed by atoms with van der Waals surface area (Å²) in [5.41, 5.74) is 1.26. The summed E-state index contributed by atoms with van der Waals surface area (Å²) in [6, 6.07) is 6.82. The lowest BCUT2D eigenvalue weighted by atomic mass is 10.1. The van der Waals surface area contributed by atoms with Gasteiger partial charge in [-0.05, 0) is 24.3 Å². The van der Waals surface area contributed by atoms with Crippen molar-refractivity contribution in [2.24, 2.45) is 0 Å². The van der Waals surface area contributed by atoms with Gasteiger partial charge < -0.3 is 14.8 Å². The summed E-state index contributed by atoms with van der Waals surface area (Å²) in [6.07, 6.45) is 0. The van der Waals surface area contributed by atoms with Gasteiger partial charge in [0.25, 0.3) is 5.91 Å². The van der Waals surface area contributed by atoms with Crippen LogP contribution in [0, 0.1) is 6.92 Å². The van der Waals surface area contributed by atoms with E-state index in [4.69, 9.17) is 9.52 Å². The van der Waals surface area contributed by atoms with Crippen LogP contribution in [0.3, 0.4) is 0 Å². The maximum atomic E-state index is 11.9. The Labute approximate surface area is 131 Å². The number of hydrogen-bond acceptors (Lipinski definition) is 6. The molecule has 1 amide bonds. The first kappa shape index (κ1) is 16.0. The summed E-state index contributed by atoms with van der Waals surface area (Å²) in [5, 5.41) is 18.9. The lowest BCUT2D eigenvalue weighted by Gasteiger charge is -2.05. The maximum Gasteiger partial charge on any atom is 0.313 e. The van der Waals surface area contributed by atoms with Gasteiger partial charge in [0.15, 0.2) is 0 Å². The van der Waals surface area contributed by atoms with Gasteiger partial charge in [-0.1, -0.05) is 0 Å². The average Bonchev–Trinajstić information content (AvgIpc) is 2.93. The van der Waals surface area contributed by atoms with E-state index in [1.54, 1.807) is 31.2 Å². The van der Waals surface area contributed by atoms with Crippen molar-refractivity contribution in [1.82, 2.24) is 15.5 Å². The van der Waals surface area contributed by atoms with Crippen molar-refractivity contribution in [2.45, 2.75) is 6.92 Å². The van der Waals surface area contributed by atoms with Crippen LogP contribution in [-0.2, 0) is 4.79 Å². The Balaban J connectivity index is 1.84. The highest BCUT2D eigenvalue weighted by atomic mass is 32.2. The Hall–Kier alpha value is -2.35. The third kappa shape index (κ3) is 4.59. The summed E-state index contributed by atoms with van der Waals surface area (Å²) >= 11 is 1.26. The number of aliphatic carboxylic acids is 1. The van der Waals surface area contributed by atoms with Crippen molar-refractivity contribution >= 4 is 23.6 Å². The molecule has 0 saturated carbocycles. The van der Waals surface area contributed by atoms with E-state index in [0.717, 1.165) is 5.56 Å². The van der Waals surface area contributed by atoms with Gasteiger partial charge in [-0.15, -0.1) is 22.0 Å². The molecule has 0 aliphatic carbocycles. The van der Waals surface area contributed by atoms with E-state index in [0.29, 0.717) is 29.6 Å². The van der Waals surface area contributed by atoms with E-state index in [1.165, 1.54) is 11.8 Å². The first-order valence-electron chi connectivity index (χ1n) is 6.54. The van der Waals surface area contributed by atoms with Gasteiger partial charge in [-0.25, -0.2) is 0 Å². The first-order valence-corrected chi connectivity index (χ1v) is 7.70. The molecular formula is C14H15N3O4S.